The van der Waals surface area contributed by atoms with Crippen molar-refractivity contribution in [3.63, 3.8) is 0 Å². The van der Waals surface area contributed by atoms with Crippen LogP contribution in [-0.2, 0) is 9.53 Å². The van der Waals surface area contributed by atoms with Crippen LogP contribution in [0.2, 0.25) is 0 Å². The lowest BCUT2D eigenvalue weighted by molar-refractivity contribution is -0.143. The summed E-state index contributed by atoms with van der Waals surface area (Å²) in [7, 11) is 1.41. The average molecular weight is 240 g/mol. The standard InChI is InChI=1S/C11H16N2O2S/c1-15-11(14)10(9-6-16-7-12-9)13-8-4-2-3-5-8/h6-8,10,13H,2-5H2,1H3. The molecule has 1 aliphatic rings. The van der Waals surface area contributed by atoms with Crippen LogP contribution in [0, 0.1) is 0 Å². The number of nitrogens with zero attached hydrogens (tertiary/aromatic N) is 1. The molecule has 0 aromatic carbocycles. The molecule has 88 valence electrons. The molecule has 1 aromatic rings. The Bertz CT molecular complexity index is 334. The van der Waals surface area contributed by atoms with Gasteiger partial charge in [-0.05, 0) is 12.8 Å². The van der Waals surface area contributed by atoms with Crippen LogP contribution in [0.5, 0.6) is 0 Å². The predicted molar refractivity (Wildman–Crippen MR) is 62.3 cm³/mol. The summed E-state index contributed by atoms with van der Waals surface area (Å²) in [5.41, 5.74) is 2.51. The zero-order valence-corrected chi connectivity index (χ0v) is 10.1. The Kier molecular flexibility index (Phi) is 3.90. The molecule has 16 heavy (non-hydrogen) atoms. The topological polar surface area (TPSA) is 51.2 Å². The maximum atomic E-state index is 11.7. The number of esters is 1. The lowest BCUT2D eigenvalue weighted by Gasteiger charge is -2.19. The number of carbonyl (C=O) groups excluding carboxylic acids is 1. The number of rotatable bonds is 4. The fourth-order valence-electron chi connectivity index (χ4n) is 2.08. The molecule has 5 heteroatoms. The molecule has 0 radical (unpaired) electrons. The van der Waals surface area contributed by atoms with Crippen LogP contribution in [0.25, 0.3) is 0 Å². The molecule has 2 rings (SSSR count). The second kappa shape index (κ2) is 5.41. The van der Waals surface area contributed by atoms with E-state index in [1.54, 1.807) is 5.51 Å². The Hall–Kier alpha value is -0.940. The Morgan fingerprint density at radius 2 is 2.38 bits per heavy atom. The summed E-state index contributed by atoms with van der Waals surface area (Å²) >= 11 is 1.49. The van der Waals surface area contributed by atoms with E-state index in [9.17, 15) is 4.79 Å². The number of thiazole rings is 1. The van der Waals surface area contributed by atoms with Crippen molar-refractivity contribution in [1.82, 2.24) is 10.3 Å². The summed E-state index contributed by atoms with van der Waals surface area (Å²) in [4.78, 5) is 15.9. The first kappa shape index (κ1) is 11.5. The summed E-state index contributed by atoms with van der Waals surface area (Å²) in [5.74, 6) is -0.252. The fraction of sp³-hybridized carbons (Fsp3) is 0.636. The molecule has 1 fully saturated rings. The summed E-state index contributed by atoms with van der Waals surface area (Å²) in [6.07, 6.45) is 4.75. The molecule has 0 spiro atoms. The van der Waals surface area contributed by atoms with Gasteiger partial charge < -0.3 is 4.74 Å². The van der Waals surface area contributed by atoms with Crippen molar-refractivity contribution in [2.24, 2.45) is 0 Å². The Morgan fingerprint density at radius 1 is 1.62 bits per heavy atom. The molecular formula is C11H16N2O2S. The Balaban J connectivity index is 2.05. The second-order valence-corrected chi connectivity index (χ2v) is 4.74. The van der Waals surface area contributed by atoms with Crippen LogP contribution in [0.1, 0.15) is 37.4 Å². The van der Waals surface area contributed by atoms with Gasteiger partial charge in [0.25, 0.3) is 0 Å². The number of hydrogen-bond acceptors (Lipinski definition) is 5. The van der Waals surface area contributed by atoms with Crippen LogP contribution in [0.4, 0.5) is 0 Å². The molecule has 0 bridgehead atoms. The van der Waals surface area contributed by atoms with Crippen molar-refractivity contribution in [3.8, 4) is 0 Å². The number of ether oxygens (including phenoxy) is 1. The van der Waals surface area contributed by atoms with Gasteiger partial charge in [0.05, 0.1) is 18.3 Å². The monoisotopic (exact) mass is 240 g/mol. The van der Waals surface area contributed by atoms with E-state index in [1.807, 2.05) is 5.38 Å². The van der Waals surface area contributed by atoms with Crippen LogP contribution in [-0.4, -0.2) is 24.1 Å². The van der Waals surface area contributed by atoms with E-state index < -0.39 is 6.04 Å². The molecule has 1 unspecified atom stereocenters. The molecule has 0 aliphatic heterocycles. The second-order valence-electron chi connectivity index (χ2n) is 4.02. The van der Waals surface area contributed by atoms with E-state index in [4.69, 9.17) is 4.74 Å². The van der Waals surface area contributed by atoms with E-state index in [-0.39, 0.29) is 5.97 Å². The third-order valence-corrected chi connectivity index (χ3v) is 3.55. The summed E-state index contributed by atoms with van der Waals surface area (Å²) < 4.78 is 4.81. The van der Waals surface area contributed by atoms with E-state index in [1.165, 1.54) is 31.3 Å². The highest BCUT2D eigenvalue weighted by atomic mass is 32.1. The van der Waals surface area contributed by atoms with Crippen molar-refractivity contribution in [1.29, 1.82) is 0 Å². The quantitative estimate of drug-likeness (QED) is 0.817. The molecule has 1 saturated carbocycles. The number of hydrogen-bond donors (Lipinski definition) is 1. The lowest BCUT2D eigenvalue weighted by Crippen LogP contribution is -2.36. The summed E-state index contributed by atoms with van der Waals surface area (Å²) in [6.45, 7) is 0. The van der Waals surface area contributed by atoms with E-state index in [2.05, 4.69) is 10.3 Å². The van der Waals surface area contributed by atoms with Gasteiger partial charge in [0, 0.05) is 11.4 Å². The van der Waals surface area contributed by atoms with Gasteiger partial charge in [-0.1, -0.05) is 12.8 Å². The minimum Gasteiger partial charge on any atom is -0.468 e. The zero-order valence-electron chi connectivity index (χ0n) is 9.31. The third-order valence-electron chi connectivity index (χ3n) is 2.94. The van der Waals surface area contributed by atoms with E-state index in [0.717, 1.165) is 18.5 Å². The smallest absolute Gasteiger partial charge is 0.329 e. The van der Waals surface area contributed by atoms with E-state index in [0.29, 0.717) is 6.04 Å². The van der Waals surface area contributed by atoms with Gasteiger partial charge in [0.1, 0.15) is 6.04 Å². The van der Waals surface area contributed by atoms with Gasteiger partial charge in [-0.3, -0.25) is 5.32 Å². The lowest BCUT2D eigenvalue weighted by atomic mass is 10.1. The van der Waals surface area contributed by atoms with Crippen molar-refractivity contribution < 1.29 is 9.53 Å². The van der Waals surface area contributed by atoms with Crippen molar-refractivity contribution in [2.45, 2.75) is 37.8 Å². The number of carbonyl (C=O) groups is 1. The minimum absolute atomic E-state index is 0.252. The molecule has 1 aliphatic carbocycles. The first-order valence-corrected chi connectivity index (χ1v) is 6.47. The number of nitrogens with one attached hydrogen (secondary N) is 1. The number of aromatic nitrogens is 1. The van der Waals surface area contributed by atoms with Gasteiger partial charge >= 0.3 is 5.97 Å². The molecular weight excluding hydrogens is 224 g/mol. The maximum Gasteiger partial charge on any atom is 0.329 e. The van der Waals surface area contributed by atoms with Crippen molar-refractivity contribution in [3.05, 3.63) is 16.6 Å². The Labute approximate surface area is 99.0 Å². The van der Waals surface area contributed by atoms with Crippen molar-refractivity contribution >= 4 is 17.3 Å². The van der Waals surface area contributed by atoms with E-state index >= 15 is 0 Å². The fourth-order valence-corrected chi connectivity index (χ4v) is 2.66. The van der Waals surface area contributed by atoms with Crippen LogP contribution < -0.4 is 5.32 Å². The molecule has 1 aromatic heterocycles. The molecule has 0 amide bonds. The van der Waals surface area contributed by atoms with Crippen LogP contribution in [0.15, 0.2) is 10.9 Å². The minimum atomic E-state index is -0.403. The number of methoxy groups -OCH3 is 1. The molecule has 1 heterocycles. The van der Waals surface area contributed by atoms with Crippen LogP contribution >= 0.6 is 11.3 Å². The van der Waals surface area contributed by atoms with Gasteiger partial charge in [0.2, 0.25) is 0 Å². The first-order valence-electron chi connectivity index (χ1n) is 5.53. The normalized spacial score (nSPS) is 18.6. The highest BCUT2D eigenvalue weighted by Gasteiger charge is 2.27. The summed E-state index contributed by atoms with van der Waals surface area (Å²) in [5, 5.41) is 5.23. The third kappa shape index (κ3) is 2.59. The highest BCUT2D eigenvalue weighted by Crippen LogP contribution is 2.22. The summed E-state index contributed by atoms with van der Waals surface area (Å²) in [6, 6.07) is 0.0187. The maximum absolute atomic E-state index is 11.7. The van der Waals surface area contributed by atoms with Gasteiger partial charge in [0.15, 0.2) is 0 Å². The predicted octanol–water partition coefficient (Wildman–Crippen LogP) is 1.89. The van der Waals surface area contributed by atoms with Crippen molar-refractivity contribution in [2.75, 3.05) is 7.11 Å². The average Bonchev–Trinajstić information content (AvgIpc) is 2.97. The first-order chi connectivity index (χ1) is 7.81. The molecule has 1 N–H and O–H groups in total. The Morgan fingerprint density at radius 3 is 2.94 bits per heavy atom. The van der Waals surface area contributed by atoms with Gasteiger partial charge in [-0.15, -0.1) is 11.3 Å². The zero-order chi connectivity index (χ0) is 11.4. The molecule has 0 saturated heterocycles. The SMILES string of the molecule is COC(=O)C(NC1CCCC1)c1cscn1. The van der Waals surface area contributed by atoms with Crippen LogP contribution in [0.3, 0.4) is 0 Å². The highest BCUT2D eigenvalue weighted by molar-refractivity contribution is 7.07. The molecule has 1 atom stereocenters. The molecule has 4 nitrogen and oxygen atoms in total. The van der Waals surface area contributed by atoms with Gasteiger partial charge in [-0.25, -0.2) is 9.78 Å². The largest absolute Gasteiger partial charge is 0.468 e. The van der Waals surface area contributed by atoms with Gasteiger partial charge in [-0.2, -0.15) is 0 Å².